The minimum atomic E-state index is -4.61. The van der Waals surface area contributed by atoms with Crippen molar-refractivity contribution < 1.29 is 31.1 Å². The highest BCUT2D eigenvalue weighted by Crippen LogP contribution is 2.39. The van der Waals surface area contributed by atoms with Crippen LogP contribution < -0.4 is 14.5 Å². The van der Waals surface area contributed by atoms with Crippen LogP contribution in [-0.4, -0.2) is 50.1 Å². The van der Waals surface area contributed by atoms with Crippen LogP contribution in [-0.2, 0) is 35.7 Å². The lowest BCUT2D eigenvalue weighted by Crippen LogP contribution is -2.50. The molecule has 2 aliphatic rings. The number of fused-ring (bicyclic) bond motifs is 1. The maximum absolute atomic E-state index is 13.6. The van der Waals surface area contributed by atoms with Gasteiger partial charge in [0.25, 0.3) is 11.3 Å². The first kappa shape index (κ1) is 30.5. The molecule has 0 saturated heterocycles. The molecule has 1 fully saturated rings. The van der Waals surface area contributed by atoms with E-state index >= 15 is 0 Å². The number of rotatable bonds is 10. The van der Waals surface area contributed by atoms with E-state index in [9.17, 15) is 31.1 Å². The number of alkyl halides is 3. The van der Waals surface area contributed by atoms with Gasteiger partial charge in [0.05, 0.1) is 10.6 Å². The zero-order valence-electron chi connectivity index (χ0n) is 23.1. The molecule has 5 rings (SSSR count). The summed E-state index contributed by atoms with van der Waals surface area (Å²) in [5.74, 6) is -0.476. The number of halogens is 4. The fourth-order valence-electron chi connectivity index (χ4n) is 5.91. The van der Waals surface area contributed by atoms with Crippen LogP contribution in [0.1, 0.15) is 49.8 Å². The molecular formula is C28H33F4N5O3S2. The van der Waals surface area contributed by atoms with Gasteiger partial charge in [0.15, 0.2) is 5.69 Å². The van der Waals surface area contributed by atoms with Crippen molar-refractivity contribution in [3.05, 3.63) is 53.5 Å². The fraction of sp³-hybridized carbons (Fsp3) is 0.500. The summed E-state index contributed by atoms with van der Waals surface area (Å²) in [5.41, 5.74) is 1.03. The van der Waals surface area contributed by atoms with Crippen LogP contribution in [0.15, 0.2) is 36.4 Å². The van der Waals surface area contributed by atoms with Gasteiger partial charge < -0.3 is 10.2 Å². The summed E-state index contributed by atoms with van der Waals surface area (Å²) in [5, 5.41) is 6.80. The van der Waals surface area contributed by atoms with E-state index in [1.807, 2.05) is 0 Å². The number of carbonyl (C=O) groups excluding carboxylic acids is 1. The number of nitrogens with zero attached hydrogens (tertiary/aromatic N) is 4. The number of carbonyl (C=O) groups is 1. The molecule has 2 aromatic heterocycles. The summed E-state index contributed by atoms with van der Waals surface area (Å²) < 4.78 is 78.7. The molecule has 1 aromatic carbocycles. The van der Waals surface area contributed by atoms with Gasteiger partial charge >= 0.3 is 6.18 Å². The fourth-order valence-corrected chi connectivity index (χ4v) is 7.84. The lowest BCUT2D eigenvalue weighted by atomic mass is 9.84. The highest BCUT2D eigenvalue weighted by atomic mass is 32.2. The molecule has 2 unspecified atom stereocenters. The van der Waals surface area contributed by atoms with Gasteiger partial charge in [0.1, 0.15) is 16.9 Å². The second-order valence-corrected chi connectivity index (χ2v) is 12.7. The number of thiophene rings is 1. The third kappa shape index (κ3) is 6.81. The zero-order chi connectivity index (χ0) is 30.0. The lowest BCUT2D eigenvalue weighted by Gasteiger charge is -2.32. The second kappa shape index (κ2) is 12.7. The van der Waals surface area contributed by atoms with E-state index in [1.165, 1.54) is 19.2 Å². The van der Waals surface area contributed by atoms with Gasteiger partial charge in [-0.25, -0.2) is 12.9 Å². The van der Waals surface area contributed by atoms with E-state index in [2.05, 4.69) is 15.3 Å². The zero-order valence-corrected chi connectivity index (χ0v) is 24.7. The highest BCUT2D eigenvalue weighted by molar-refractivity contribution is 7.81. The Bertz CT molecular complexity index is 1440. The highest BCUT2D eigenvalue weighted by Gasteiger charge is 2.36. The minimum absolute atomic E-state index is 0.201. The predicted octanol–water partition coefficient (Wildman–Crippen LogP) is 5.77. The Kier molecular flexibility index (Phi) is 9.23. The standard InChI is InChI=1S/C28H33F4N5O3S2/c1-35-22(17-25(34-35)28(30,31)32)24-9-10-26(41-24)37(42(39)40)23(15-18-5-3-2-4-6-18)27(38)33-12-14-36-13-11-19-16-20(29)7-8-21(19)36/h7-10,16-18,23H,2-6,11-15H2,1H3,(H,33,38)(H,39,40). The van der Waals surface area contributed by atoms with Gasteiger partial charge in [-0.2, -0.15) is 18.3 Å². The average Bonchev–Trinajstić information content (AvgIpc) is 3.67. The third-order valence-corrected chi connectivity index (χ3v) is 9.99. The Morgan fingerprint density at radius 2 is 1.98 bits per heavy atom. The molecule has 42 heavy (non-hydrogen) atoms. The van der Waals surface area contributed by atoms with Crippen LogP contribution in [0.3, 0.4) is 0 Å². The predicted molar refractivity (Wildman–Crippen MR) is 155 cm³/mol. The molecule has 0 bridgehead atoms. The summed E-state index contributed by atoms with van der Waals surface area (Å²) in [6, 6.07) is 7.77. The number of aryl methyl sites for hydroxylation is 1. The molecule has 3 heterocycles. The molecule has 0 radical (unpaired) electrons. The van der Waals surface area contributed by atoms with Crippen molar-refractivity contribution >= 4 is 39.2 Å². The van der Waals surface area contributed by atoms with Crippen molar-refractivity contribution in [2.24, 2.45) is 13.0 Å². The number of amides is 1. The first-order valence-corrected chi connectivity index (χ1v) is 15.8. The van der Waals surface area contributed by atoms with Crippen molar-refractivity contribution in [2.75, 3.05) is 28.8 Å². The maximum atomic E-state index is 13.6. The molecular weight excluding hydrogens is 594 g/mol. The first-order chi connectivity index (χ1) is 20.0. The van der Waals surface area contributed by atoms with Crippen LogP contribution in [0.2, 0.25) is 0 Å². The van der Waals surface area contributed by atoms with Crippen molar-refractivity contribution in [3.63, 3.8) is 0 Å². The van der Waals surface area contributed by atoms with Gasteiger partial charge in [0.2, 0.25) is 5.91 Å². The third-order valence-electron chi connectivity index (χ3n) is 7.98. The molecule has 0 spiro atoms. The van der Waals surface area contributed by atoms with Crippen LogP contribution in [0.4, 0.5) is 28.3 Å². The van der Waals surface area contributed by atoms with E-state index in [0.717, 1.165) is 69.7 Å². The Morgan fingerprint density at radius 3 is 2.67 bits per heavy atom. The van der Waals surface area contributed by atoms with Crippen LogP contribution >= 0.6 is 11.3 Å². The summed E-state index contributed by atoms with van der Waals surface area (Å²) in [7, 11) is 1.40. The van der Waals surface area contributed by atoms with Gasteiger partial charge in [-0.1, -0.05) is 32.1 Å². The molecule has 228 valence electrons. The van der Waals surface area contributed by atoms with Crippen molar-refractivity contribution in [2.45, 2.75) is 57.2 Å². The molecule has 1 aliphatic carbocycles. The molecule has 1 saturated carbocycles. The molecule has 1 amide bonds. The summed E-state index contributed by atoms with van der Waals surface area (Å²) in [4.78, 5) is 16.1. The van der Waals surface area contributed by atoms with Gasteiger partial charge in [-0.3, -0.25) is 14.0 Å². The summed E-state index contributed by atoms with van der Waals surface area (Å²) in [6.45, 7) is 1.48. The smallest absolute Gasteiger partial charge is 0.369 e. The number of aromatic nitrogens is 2. The Balaban J connectivity index is 1.35. The van der Waals surface area contributed by atoms with Crippen molar-refractivity contribution in [1.82, 2.24) is 15.1 Å². The van der Waals surface area contributed by atoms with Crippen molar-refractivity contribution in [1.29, 1.82) is 0 Å². The SMILES string of the molecule is Cn1nc(C(F)(F)F)cc1-c1ccc(N(C(CC2CCCCC2)C(=O)NCCN2CCc3cc(F)ccc32)S(=O)O)s1. The monoisotopic (exact) mass is 627 g/mol. The van der Waals surface area contributed by atoms with Crippen LogP contribution in [0.5, 0.6) is 0 Å². The topological polar surface area (TPSA) is 90.7 Å². The number of hydrogen-bond donors (Lipinski definition) is 2. The van der Waals surface area contributed by atoms with E-state index in [-0.39, 0.29) is 24.0 Å². The summed E-state index contributed by atoms with van der Waals surface area (Å²) in [6.07, 6.45) is 1.49. The van der Waals surface area contributed by atoms with Crippen molar-refractivity contribution in [3.8, 4) is 10.6 Å². The molecule has 2 atom stereocenters. The van der Waals surface area contributed by atoms with E-state index in [1.54, 1.807) is 18.2 Å². The van der Waals surface area contributed by atoms with Crippen LogP contribution in [0.25, 0.3) is 10.6 Å². The lowest BCUT2D eigenvalue weighted by molar-refractivity contribution is -0.141. The molecule has 2 N–H and O–H groups in total. The quantitative estimate of drug-likeness (QED) is 0.220. The Labute approximate surface area is 248 Å². The second-order valence-electron chi connectivity index (χ2n) is 10.8. The molecule has 14 heteroatoms. The summed E-state index contributed by atoms with van der Waals surface area (Å²) >= 11 is -1.54. The number of benzene rings is 1. The maximum Gasteiger partial charge on any atom is 0.435 e. The molecule has 8 nitrogen and oxygen atoms in total. The van der Waals surface area contributed by atoms with Gasteiger partial charge in [0, 0.05) is 32.4 Å². The van der Waals surface area contributed by atoms with Gasteiger partial charge in [-0.05, 0) is 60.7 Å². The Hall–Kier alpha value is -2.97. The average molecular weight is 628 g/mol. The Morgan fingerprint density at radius 1 is 1.21 bits per heavy atom. The van der Waals surface area contributed by atoms with Crippen LogP contribution in [0, 0.1) is 11.7 Å². The van der Waals surface area contributed by atoms with Gasteiger partial charge in [-0.15, -0.1) is 11.3 Å². The molecule has 1 aliphatic heterocycles. The van der Waals surface area contributed by atoms with E-state index < -0.39 is 35.1 Å². The van der Waals surface area contributed by atoms with E-state index in [0.29, 0.717) is 35.8 Å². The molecule has 3 aromatic rings. The largest absolute Gasteiger partial charge is 0.435 e. The number of nitrogens with one attached hydrogen (secondary N) is 1. The normalized spacial score (nSPS) is 17.2. The number of hydrogen-bond acceptors (Lipinski definition) is 5. The number of anilines is 2. The first-order valence-electron chi connectivity index (χ1n) is 13.9. The minimum Gasteiger partial charge on any atom is -0.369 e. The van der Waals surface area contributed by atoms with E-state index in [4.69, 9.17) is 0 Å².